The Labute approximate surface area is 211 Å². The standard InChI is InChI=1S/C27H33N3O5S/c1-5-29-17-23(27(32)28-14-20-8-6-7-9-25(20)35-4)26(31)22-13-21(10-11-24(22)29)36(33,34)30-15-18(2)12-19(3)16-30/h6-11,13,17-19H,5,12,14-16H2,1-4H3,(H,28,32)/t18-,19+. The molecule has 1 amide bonds. The minimum atomic E-state index is -3.77. The smallest absolute Gasteiger partial charge is 0.257 e. The van der Waals surface area contributed by atoms with Crippen molar-refractivity contribution in [2.45, 2.75) is 45.2 Å². The van der Waals surface area contributed by atoms with Crippen molar-refractivity contribution in [1.82, 2.24) is 14.2 Å². The molecule has 0 radical (unpaired) electrons. The summed E-state index contributed by atoms with van der Waals surface area (Å²) in [4.78, 5) is 26.6. The molecule has 36 heavy (non-hydrogen) atoms. The van der Waals surface area contributed by atoms with Crippen LogP contribution < -0.4 is 15.5 Å². The first kappa shape index (κ1) is 25.9. The number of piperidine rings is 1. The molecule has 0 aliphatic carbocycles. The van der Waals surface area contributed by atoms with Gasteiger partial charge < -0.3 is 14.6 Å². The predicted molar refractivity (Wildman–Crippen MR) is 140 cm³/mol. The Morgan fingerprint density at radius 1 is 1.11 bits per heavy atom. The maximum absolute atomic E-state index is 13.5. The van der Waals surface area contributed by atoms with Crippen molar-refractivity contribution in [3.63, 3.8) is 0 Å². The number of carbonyl (C=O) groups excluding carboxylic acids is 1. The summed E-state index contributed by atoms with van der Waals surface area (Å²) in [6.07, 6.45) is 2.52. The van der Waals surface area contributed by atoms with E-state index in [1.807, 2.05) is 25.1 Å². The second kappa shape index (κ2) is 10.4. The average molecular weight is 512 g/mol. The summed E-state index contributed by atoms with van der Waals surface area (Å²) in [5.74, 6) is 0.639. The fourth-order valence-corrected chi connectivity index (χ4v) is 6.74. The Hall–Kier alpha value is -3.17. The van der Waals surface area contributed by atoms with E-state index in [0.717, 1.165) is 12.0 Å². The third-order valence-corrected chi connectivity index (χ3v) is 8.57. The number of fused-ring (bicyclic) bond motifs is 1. The van der Waals surface area contributed by atoms with Crippen molar-refractivity contribution < 1.29 is 17.9 Å². The molecule has 9 heteroatoms. The number of amides is 1. The number of aryl methyl sites for hydroxylation is 1. The van der Waals surface area contributed by atoms with Crippen molar-refractivity contribution >= 4 is 26.8 Å². The summed E-state index contributed by atoms with van der Waals surface area (Å²) in [5.41, 5.74) is 0.838. The number of aromatic nitrogens is 1. The second-order valence-corrected chi connectivity index (χ2v) is 11.5. The van der Waals surface area contributed by atoms with E-state index in [1.165, 1.54) is 16.6 Å². The highest BCUT2D eigenvalue weighted by atomic mass is 32.2. The van der Waals surface area contributed by atoms with Crippen LogP contribution in [0.4, 0.5) is 0 Å². The van der Waals surface area contributed by atoms with Gasteiger partial charge in [-0.3, -0.25) is 9.59 Å². The van der Waals surface area contributed by atoms with Gasteiger partial charge in [-0.05, 0) is 49.4 Å². The van der Waals surface area contributed by atoms with Crippen LogP contribution in [-0.2, 0) is 23.1 Å². The van der Waals surface area contributed by atoms with Crippen LogP contribution in [0.2, 0.25) is 0 Å². The number of nitrogens with one attached hydrogen (secondary N) is 1. The number of rotatable bonds is 7. The summed E-state index contributed by atoms with van der Waals surface area (Å²) in [7, 11) is -2.22. The van der Waals surface area contributed by atoms with Gasteiger partial charge in [-0.1, -0.05) is 32.0 Å². The topological polar surface area (TPSA) is 97.7 Å². The Kier molecular flexibility index (Phi) is 7.51. The first-order valence-electron chi connectivity index (χ1n) is 12.2. The first-order chi connectivity index (χ1) is 17.1. The van der Waals surface area contributed by atoms with Gasteiger partial charge in [0.15, 0.2) is 0 Å². The first-order valence-corrected chi connectivity index (χ1v) is 13.7. The zero-order valence-corrected chi connectivity index (χ0v) is 22.0. The number of nitrogens with zero attached hydrogens (tertiary/aromatic N) is 2. The molecular formula is C27H33N3O5S. The van der Waals surface area contributed by atoms with Gasteiger partial charge in [0.05, 0.1) is 17.5 Å². The van der Waals surface area contributed by atoms with E-state index >= 15 is 0 Å². The minimum Gasteiger partial charge on any atom is -0.496 e. The van der Waals surface area contributed by atoms with Crippen LogP contribution in [0.1, 0.15) is 43.1 Å². The van der Waals surface area contributed by atoms with E-state index in [1.54, 1.807) is 29.9 Å². The van der Waals surface area contributed by atoms with Crippen LogP contribution in [0.15, 0.2) is 58.4 Å². The lowest BCUT2D eigenvalue weighted by atomic mass is 9.94. The van der Waals surface area contributed by atoms with Gasteiger partial charge >= 0.3 is 0 Å². The summed E-state index contributed by atoms with van der Waals surface area (Å²) < 4.78 is 35.5. The Balaban J connectivity index is 1.71. The van der Waals surface area contributed by atoms with Crippen LogP contribution in [0.5, 0.6) is 5.75 Å². The maximum Gasteiger partial charge on any atom is 0.257 e. The van der Waals surface area contributed by atoms with Gasteiger partial charge in [0, 0.05) is 43.3 Å². The molecular weight excluding hydrogens is 478 g/mol. The summed E-state index contributed by atoms with van der Waals surface area (Å²) in [5, 5.41) is 3.00. The van der Waals surface area contributed by atoms with E-state index in [-0.39, 0.29) is 34.2 Å². The second-order valence-electron chi connectivity index (χ2n) is 9.60. The molecule has 3 aromatic rings. The molecule has 2 atom stereocenters. The van der Waals surface area contributed by atoms with Crippen LogP contribution in [0.25, 0.3) is 10.9 Å². The minimum absolute atomic E-state index is 0.0333. The largest absolute Gasteiger partial charge is 0.496 e. The molecule has 4 rings (SSSR count). The van der Waals surface area contributed by atoms with Crippen LogP contribution in [0.3, 0.4) is 0 Å². The number of hydrogen-bond donors (Lipinski definition) is 1. The molecule has 1 N–H and O–H groups in total. The highest BCUT2D eigenvalue weighted by Crippen LogP contribution is 2.28. The number of para-hydroxylation sites is 1. The lowest BCUT2D eigenvalue weighted by molar-refractivity contribution is 0.0949. The number of hydrogen-bond acceptors (Lipinski definition) is 5. The Morgan fingerprint density at radius 2 is 1.81 bits per heavy atom. The molecule has 1 aliphatic heterocycles. The van der Waals surface area contributed by atoms with Crippen LogP contribution >= 0.6 is 0 Å². The summed E-state index contributed by atoms with van der Waals surface area (Å²) in [6, 6.07) is 11.9. The molecule has 8 nitrogen and oxygen atoms in total. The lowest BCUT2D eigenvalue weighted by Crippen LogP contribution is -2.42. The van der Waals surface area contributed by atoms with Gasteiger partial charge in [-0.2, -0.15) is 4.31 Å². The van der Waals surface area contributed by atoms with E-state index in [2.05, 4.69) is 19.2 Å². The number of carbonyl (C=O) groups is 1. The predicted octanol–water partition coefficient (Wildman–Crippen LogP) is 3.63. The fraction of sp³-hybridized carbons (Fsp3) is 0.407. The zero-order chi connectivity index (χ0) is 26.0. The number of ether oxygens (including phenoxy) is 1. The fourth-order valence-electron chi connectivity index (χ4n) is 5.03. The molecule has 0 saturated carbocycles. The van der Waals surface area contributed by atoms with Crippen LogP contribution in [0, 0.1) is 11.8 Å². The quantitative estimate of drug-likeness (QED) is 0.523. The maximum atomic E-state index is 13.5. The molecule has 1 fully saturated rings. The van der Waals surface area contributed by atoms with E-state index in [4.69, 9.17) is 4.74 Å². The molecule has 0 bridgehead atoms. The SMILES string of the molecule is CCn1cc(C(=O)NCc2ccccc2OC)c(=O)c2cc(S(=O)(=O)N3C[C@H](C)C[C@H](C)C3)ccc21. The monoisotopic (exact) mass is 511 g/mol. The number of sulfonamides is 1. The number of methoxy groups -OCH3 is 1. The third-order valence-electron chi connectivity index (χ3n) is 6.74. The van der Waals surface area contributed by atoms with E-state index < -0.39 is 21.4 Å². The Morgan fingerprint density at radius 3 is 2.47 bits per heavy atom. The highest BCUT2D eigenvalue weighted by molar-refractivity contribution is 7.89. The zero-order valence-electron chi connectivity index (χ0n) is 21.2. The molecule has 0 unspecified atom stereocenters. The van der Waals surface area contributed by atoms with E-state index in [0.29, 0.717) is 30.9 Å². The average Bonchev–Trinajstić information content (AvgIpc) is 2.87. The summed E-state index contributed by atoms with van der Waals surface area (Å²) >= 11 is 0. The molecule has 2 aromatic carbocycles. The summed E-state index contributed by atoms with van der Waals surface area (Å²) in [6.45, 7) is 7.61. The molecule has 1 aliphatic rings. The van der Waals surface area contributed by atoms with Crippen molar-refractivity contribution in [2.75, 3.05) is 20.2 Å². The van der Waals surface area contributed by atoms with Crippen molar-refractivity contribution in [2.24, 2.45) is 11.8 Å². The van der Waals surface area contributed by atoms with Gasteiger partial charge in [-0.25, -0.2) is 8.42 Å². The molecule has 0 spiro atoms. The van der Waals surface area contributed by atoms with Crippen molar-refractivity contribution in [3.8, 4) is 5.75 Å². The molecule has 192 valence electrons. The molecule has 2 heterocycles. The number of benzene rings is 2. The van der Waals surface area contributed by atoms with Gasteiger partial charge in [0.2, 0.25) is 15.5 Å². The number of pyridine rings is 1. The normalized spacial score (nSPS) is 18.8. The van der Waals surface area contributed by atoms with E-state index in [9.17, 15) is 18.0 Å². The lowest BCUT2D eigenvalue weighted by Gasteiger charge is -2.34. The highest BCUT2D eigenvalue weighted by Gasteiger charge is 2.32. The van der Waals surface area contributed by atoms with Crippen LogP contribution in [-0.4, -0.2) is 43.4 Å². The molecule has 1 saturated heterocycles. The Bertz CT molecular complexity index is 1440. The van der Waals surface area contributed by atoms with Crippen molar-refractivity contribution in [3.05, 3.63) is 70.0 Å². The van der Waals surface area contributed by atoms with Crippen molar-refractivity contribution in [1.29, 1.82) is 0 Å². The molecule has 1 aromatic heterocycles. The van der Waals surface area contributed by atoms with Gasteiger partial charge in [0.25, 0.3) is 5.91 Å². The van der Waals surface area contributed by atoms with Gasteiger partial charge in [-0.15, -0.1) is 0 Å². The third kappa shape index (κ3) is 5.03. The van der Waals surface area contributed by atoms with Gasteiger partial charge in [0.1, 0.15) is 11.3 Å².